The van der Waals surface area contributed by atoms with Crippen LogP contribution in [-0.2, 0) is 57.3 Å². The average molecular weight is 1040 g/mol. The first-order chi connectivity index (χ1) is 34.5. The van der Waals surface area contributed by atoms with E-state index in [-0.39, 0.29) is 72.3 Å². The normalized spacial score (nSPS) is 21.9. The van der Waals surface area contributed by atoms with E-state index in [1.807, 2.05) is 12.1 Å². The summed E-state index contributed by atoms with van der Waals surface area (Å²) in [5.41, 5.74) is 8.77. The van der Waals surface area contributed by atoms with Crippen molar-refractivity contribution >= 4 is 45.6 Å². The van der Waals surface area contributed by atoms with Crippen LogP contribution in [0.15, 0.2) is 97.3 Å². The van der Waals surface area contributed by atoms with Gasteiger partial charge in [-0.2, -0.15) is 26.3 Å². The van der Waals surface area contributed by atoms with Crippen molar-refractivity contribution in [2.45, 2.75) is 108 Å². The number of aromatic nitrogens is 2. The fourth-order valence-corrected chi connectivity index (χ4v) is 11.8. The molecule has 19 heteroatoms. The van der Waals surface area contributed by atoms with Crippen LogP contribution in [0.4, 0.5) is 35.1 Å². The van der Waals surface area contributed by atoms with Crippen molar-refractivity contribution in [1.29, 1.82) is 0 Å². The molecule has 6 aromatic rings. The topological polar surface area (TPSA) is 155 Å². The lowest BCUT2D eigenvalue weighted by atomic mass is 9.38. The molecule has 0 spiro atoms. The van der Waals surface area contributed by atoms with Gasteiger partial charge in [0.1, 0.15) is 13.3 Å². The number of aromatic carboxylic acids is 1. The second kappa shape index (κ2) is 20.9. The number of hydrogen-bond donors (Lipinski definition) is 3. The largest absolute Gasteiger partial charge is 0.478 e. The second-order valence-corrected chi connectivity index (χ2v) is 20.2. The maximum absolute atomic E-state index is 13.4. The van der Waals surface area contributed by atoms with Crippen molar-refractivity contribution < 1.29 is 68.9 Å². The highest BCUT2D eigenvalue weighted by atomic mass is 19.4. The zero-order chi connectivity index (χ0) is 52.7. The molecule has 6 aliphatic rings. The summed E-state index contributed by atoms with van der Waals surface area (Å²) in [6, 6.07) is 20.3. The molecule has 74 heavy (non-hydrogen) atoms. The third kappa shape index (κ3) is 11.3. The minimum atomic E-state index is -4.41. The van der Waals surface area contributed by atoms with Crippen LogP contribution in [-0.4, -0.2) is 76.7 Å². The van der Waals surface area contributed by atoms with Gasteiger partial charge in [0.2, 0.25) is 0 Å². The molecule has 4 bridgehead atoms. The molecule has 0 saturated heterocycles. The van der Waals surface area contributed by atoms with Crippen molar-refractivity contribution in [3.05, 3.63) is 142 Å². The van der Waals surface area contributed by atoms with Crippen molar-refractivity contribution in [3.63, 3.8) is 0 Å². The van der Waals surface area contributed by atoms with E-state index in [0.29, 0.717) is 82.6 Å². The first-order valence-corrected chi connectivity index (χ1v) is 23.6. The molecule has 0 aliphatic heterocycles. The third-order valence-corrected chi connectivity index (χ3v) is 14.7. The van der Waals surface area contributed by atoms with E-state index >= 15 is 0 Å². The number of nitrogens with two attached hydrogens (primary N) is 1. The minimum absolute atomic E-state index is 0. The molecule has 12 rings (SSSR count). The number of methoxy groups -OCH3 is 2. The van der Waals surface area contributed by atoms with E-state index in [9.17, 15) is 59.4 Å². The average Bonchev–Trinajstić information content (AvgIpc) is 3.87. The lowest BCUT2D eigenvalue weighted by Gasteiger charge is -2.70. The van der Waals surface area contributed by atoms with Gasteiger partial charge in [-0.1, -0.05) is 56.0 Å². The second-order valence-electron chi connectivity index (χ2n) is 20.2. The first kappa shape index (κ1) is 55.0. The SMILES string of the molecule is C.COC(=O)CC12CC(N)(C1)C2.COC(=O)CC12CC(NC(=O)c3cn(CCF)c4cccc(Cc5ccc(C(F)(F)F)cc5)c34)(C1)C2.O=C(O)c1cn(CCF)c2cccc(Cc3ccc(C(F)(F)F)cc3)c12. The number of aryl methyl sites for hydroxylation is 2. The Morgan fingerprint density at radius 1 is 0.622 bits per heavy atom. The number of rotatable bonds is 15. The molecular weight excluding hydrogens is 981 g/mol. The van der Waals surface area contributed by atoms with Gasteiger partial charge in [0.25, 0.3) is 5.91 Å². The molecular formula is C55H58F8N4O7. The number of ether oxygens (including phenoxy) is 2. The predicted octanol–water partition coefficient (Wildman–Crippen LogP) is 11.4. The molecule has 0 atom stereocenters. The number of amides is 1. The fourth-order valence-electron chi connectivity index (χ4n) is 11.8. The van der Waals surface area contributed by atoms with E-state index in [4.69, 9.17) is 10.5 Å². The van der Waals surface area contributed by atoms with Gasteiger partial charge >= 0.3 is 30.3 Å². The maximum atomic E-state index is 13.4. The fraction of sp³-hybridized carbons (Fsp3) is 0.418. The van der Waals surface area contributed by atoms with Gasteiger partial charge < -0.3 is 34.8 Å². The molecule has 11 nitrogen and oxygen atoms in total. The predicted molar refractivity (Wildman–Crippen MR) is 261 cm³/mol. The summed E-state index contributed by atoms with van der Waals surface area (Å²) in [7, 11) is 2.80. The number of benzene rings is 4. The number of carbonyl (C=O) groups is 4. The van der Waals surface area contributed by atoms with Crippen molar-refractivity contribution in [1.82, 2.24) is 14.5 Å². The minimum Gasteiger partial charge on any atom is -0.478 e. The Labute approximate surface area is 422 Å². The number of fused-ring (bicyclic) bond motifs is 2. The van der Waals surface area contributed by atoms with E-state index in [1.54, 1.807) is 35.0 Å². The van der Waals surface area contributed by atoms with Gasteiger partial charge in [0.15, 0.2) is 0 Å². The van der Waals surface area contributed by atoms with Crippen LogP contribution in [0.1, 0.15) is 113 Å². The molecule has 6 saturated carbocycles. The Bertz CT molecular complexity index is 3010. The number of halogens is 8. The van der Waals surface area contributed by atoms with Crippen LogP contribution >= 0.6 is 0 Å². The Kier molecular flexibility index (Phi) is 15.5. The number of nitrogens with one attached hydrogen (secondary N) is 1. The van der Waals surface area contributed by atoms with E-state index in [2.05, 4.69) is 10.1 Å². The third-order valence-electron chi connectivity index (χ3n) is 14.7. The molecule has 0 unspecified atom stereocenters. The van der Waals surface area contributed by atoms with E-state index < -0.39 is 42.8 Å². The van der Waals surface area contributed by atoms with Crippen LogP contribution in [0.25, 0.3) is 21.8 Å². The van der Waals surface area contributed by atoms with Crippen LogP contribution in [0.3, 0.4) is 0 Å². The highest BCUT2D eigenvalue weighted by molar-refractivity contribution is 6.09. The highest BCUT2D eigenvalue weighted by Gasteiger charge is 2.69. The molecule has 6 aliphatic carbocycles. The lowest BCUT2D eigenvalue weighted by Crippen LogP contribution is -2.75. The Hall–Kier alpha value is -6.76. The van der Waals surface area contributed by atoms with Crippen molar-refractivity contribution in [3.8, 4) is 0 Å². The molecule has 6 fully saturated rings. The molecule has 4 aromatic carbocycles. The summed E-state index contributed by atoms with van der Waals surface area (Å²) in [5, 5.41) is 13.7. The monoisotopic (exact) mass is 1040 g/mol. The van der Waals surface area contributed by atoms with Gasteiger partial charge in [-0.15, -0.1) is 0 Å². The van der Waals surface area contributed by atoms with E-state index in [0.717, 1.165) is 49.1 Å². The standard InChI is InChI=1S/C27H26F4N2O3.C19H15F4NO2.C8H13NO2.CH4/c1-36-22(34)12-25-14-26(15-25,16-25)32-24(35)20-13-33(10-9-28)21-4-2-3-18(23(20)21)11-17-5-7-19(8-6-17)27(29,30)31;20-8-9-24-11-15(18(25)26)17-13(2-1-3-16(17)24)10-12-4-6-14(7-5-12)19(21,22)23;1-11-6(10)2-7-3-8(9,4-7)5-7;/h2-8,13H,9-12,14-16H2,1H3,(H,32,35);1-7,11H,8-10H2,(H,25,26);2-5,9H2,1H3;1H4. The quantitative estimate of drug-likeness (QED) is 0.0678. The molecule has 2 aromatic heterocycles. The maximum Gasteiger partial charge on any atom is 0.416 e. The summed E-state index contributed by atoms with van der Waals surface area (Å²) in [6.45, 7) is -1.12. The summed E-state index contributed by atoms with van der Waals surface area (Å²) >= 11 is 0. The molecule has 4 N–H and O–H groups in total. The van der Waals surface area contributed by atoms with Gasteiger partial charge in [-0.25, -0.2) is 13.6 Å². The number of alkyl halides is 8. The zero-order valence-electron chi connectivity index (χ0n) is 40.0. The molecule has 1 amide bonds. The van der Waals surface area contributed by atoms with Gasteiger partial charge in [-0.3, -0.25) is 14.4 Å². The smallest absolute Gasteiger partial charge is 0.416 e. The summed E-state index contributed by atoms with van der Waals surface area (Å²) in [6.07, 6.45) is 0.929. The summed E-state index contributed by atoms with van der Waals surface area (Å²) in [4.78, 5) is 47.5. The number of nitrogens with zero attached hydrogens (tertiary/aromatic N) is 2. The van der Waals surface area contributed by atoms with Gasteiger partial charge in [0.05, 0.1) is 62.4 Å². The van der Waals surface area contributed by atoms with Gasteiger partial charge in [0, 0.05) is 45.3 Å². The van der Waals surface area contributed by atoms with Gasteiger partial charge in [-0.05, 0) is 121 Å². The Morgan fingerprint density at radius 2 is 1.01 bits per heavy atom. The lowest BCUT2D eigenvalue weighted by molar-refractivity contribution is -0.175. The first-order valence-electron chi connectivity index (χ1n) is 23.6. The van der Waals surface area contributed by atoms with Crippen molar-refractivity contribution in [2.75, 3.05) is 27.6 Å². The number of carboxylic acids is 1. The van der Waals surface area contributed by atoms with Crippen LogP contribution < -0.4 is 11.1 Å². The van der Waals surface area contributed by atoms with Crippen LogP contribution in [0.5, 0.6) is 0 Å². The highest BCUT2D eigenvalue weighted by Crippen LogP contribution is 2.69. The number of carboxylic acid groups (broad SMARTS) is 1. The molecule has 2 heterocycles. The Morgan fingerprint density at radius 3 is 1.38 bits per heavy atom. The van der Waals surface area contributed by atoms with Crippen molar-refractivity contribution in [2.24, 2.45) is 16.6 Å². The van der Waals surface area contributed by atoms with Crippen LogP contribution in [0, 0.1) is 10.8 Å². The summed E-state index contributed by atoms with van der Waals surface area (Å²) < 4.78 is 115. The number of hydrogen-bond acceptors (Lipinski definition) is 7. The summed E-state index contributed by atoms with van der Waals surface area (Å²) in [5.74, 6) is -1.75. The molecule has 396 valence electrons. The van der Waals surface area contributed by atoms with E-state index in [1.165, 1.54) is 49.2 Å². The van der Waals surface area contributed by atoms with Crippen LogP contribution in [0.2, 0.25) is 0 Å². The molecule has 0 radical (unpaired) electrons. The Balaban J connectivity index is 0.000000183. The number of esters is 2. The zero-order valence-corrected chi connectivity index (χ0v) is 40.0. The number of carbonyl (C=O) groups excluding carboxylic acids is 3.